The Morgan fingerprint density at radius 1 is 0.710 bits per heavy atom. The topological polar surface area (TPSA) is 99.3 Å². The largest absolute Gasteiger partial charge is 0.507 e. The van der Waals surface area contributed by atoms with Gasteiger partial charge in [0.1, 0.15) is 11.5 Å². The summed E-state index contributed by atoms with van der Waals surface area (Å²) in [4.78, 5) is 31.3. The van der Waals surface area contributed by atoms with Crippen molar-refractivity contribution < 1.29 is 19.8 Å². The van der Waals surface area contributed by atoms with Crippen LogP contribution in [0.2, 0.25) is 0 Å². The molecule has 6 nitrogen and oxygen atoms in total. The Hall–Kier alpha value is -4.06. The molecule has 0 amide bonds. The molecule has 3 aromatic rings. The van der Waals surface area contributed by atoms with Gasteiger partial charge in [-0.1, -0.05) is 12.1 Å². The molecular formula is C25H22N2O4. The minimum Gasteiger partial charge on any atom is -0.507 e. The molecular weight excluding hydrogens is 392 g/mol. The van der Waals surface area contributed by atoms with E-state index in [1.54, 1.807) is 30.3 Å². The smallest absolute Gasteiger partial charge is 0.153 e. The molecule has 156 valence electrons. The quantitative estimate of drug-likeness (QED) is 0.430. The zero-order valence-corrected chi connectivity index (χ0v) is 17.5. The molecule has 2 N–H and O–H groups in total. The van der Waals surface area contributed by atoms with Crippen molar-refractivity contribution in [1.82, 2.24) is 0 Å². The molecule has 0 atom stereocenters. The van der Waals surface area contributed by atoms with Gasteiger partial charge in [0, 0.05) is 23.6 Å². The number of rotatable bonds is 6. The minimum absolute atomic E-state index is 0.130. The zero-order valence-electron chi connectivity index (χ0n) is 17.5. The molecule has 0 unspecified atom stereocenters. The van der Waals surface area contributed by atoms with Gasteiger partial charge in [-0.05, 0) is 67.8 Å². The fourth-order valence-electron chi connectivity index (χ4n) is 3.24. The lowest BCUT2D eigenvalue weighted by molar-refractivity contribution is 0.111. The molecule has 0 saturated carbocycles. The average molecular weight is 414 g/mol. The molecule has 0 fully saturated rings. The van der Waals surface area contributed by atoms with Gasteiger partial charge in [0.25, 0.3) is 0 Å². The van der Waals surface area contributed by atoms with Crippen LogP contribution in [0.15, 0.2) is 52.4 Å². The third-order valence-electron chi connectivity index (χ3n) is 4.77. The van der Waals surface area contributed by atoms with Gasteiger partial charge in [0.05, 0.1) is 22.5 Å². The summed E-state index contributed by atoms with van der Waals surface area (Å²) < 4.78 is 0. The third kappa shape index (κ3) is 4.75. The van der Waals surface area contributed by atoms with Crippen LogP contribution in [0.25, 0.3) is 0 Å². The molecule has 0 aliphatic rings. The van der Waals surface area contributed by atoms with Crippen molar-refractivity contribution in [3.63, 3.8) is 0 Å². The van der Waals surface area contributed by atoms with E-state index in [2.05, 4.69) is 9.98 Å². The molecule has 0 spiro atoms. The number of aryl methyl sites for hydroxylation is 3. The average Bonchev–Trinajstić information content (AvgIpc) is 2.75. The van der Waals surface area contributed by atoms with E-state index in [0.717, 1.165) is 16.7 Å². The van der Waals surface area contributed by atoms with E-state index >= 15 is 0 Å². The van der Waals surface area contributed by atoms with Gasteiger partial charge >= 0.3 is 0 Å². The van der Waals surface area contributed by atoms with E-state index in [0.29, 0.717) is 35.1 Å². The van der Waals surface area contributed by atoms with Gasteiger partial charge in [-0.15, -0.1) is 0 Å². The SMILES string of the molecule is Cc1cc(C=O)c(O)c(C=Nc2cccc(C)c2N=Cc2cc(C)cc(C=O)c2O)c1. The summed E-state index contributed by atoms with van der Waals surface area (Å²) in [6.07, 6.45) is 4.18. The maximum atomic E-state index is 11.2. The van der Waals surface area contributed by atoms with Crippen LogP contribution in [0.4, 0.5) is 11.4 Å². The van der Waals surface area contributed by atoms with Crippen molar-refractivity contribution in [2.75, 3.05) is 0 Å². The van der Waals surface area contributed by atoms with Crippen molar-refractivity contribution in [3.8, 4) is 11.5 Å². The highest BCUT2D eigenvalue weighted by atomic mass is 16.3. The maximum absolute atomic E-state index is 11.2. The number of nitrogens with zero attached hydrogens (tertiary/aromatic N) is 2. The number of hydrogen-bond acceptors (Lipinski definition) is 6. The first-order chi connectivity index (χ1) is 14.8. The lowest BCUT2D eigenvalue weighted by Crippen LogP contribution is -1.92. The van der Waals surface area contributed by atoms with Gasteiger partial charge in [0.15, 0.2) is 12.6 Å². The van der Waals surface area contributed by atoms with Crippen LogP contribution in [-0.2, 0) is 0 Å². The van der Waals surface area contributed by atoms with Crippen molar-refractivity contribution in [2.45, 2.75) is 20.8 Å². The second kappa shape index (κ2) is 9.17. The number of hydrogen-bond donors (Lipinski definition) is 2. The number of carbonyl (C=O) groups is 2. The Balaban J connectivity index is 2.03. The number of aromatic hydroxyl groups is 2. The molecule has 0 bridgehead atoms. The van der Waals surface area contributed by atoms with Crippen LogP contribution >= 0.6 is 0 Å². The molecule has 0 aliphatic carbocycles. The Morgan fingerprint density at radius 3 is 1.71 bits per heavy atom. The van der Waals surface area contributed by atoms with Crippen molar-refractivity contribution in [2.24, 2.45) is 9.98 Å². The number of para-hydroxylation sites is 1. The van der Waals surface area contributed by atoms with Crippen LogP contribution in [0.3, 0.4) is 0 Å². The minimum atomic E-state index is -0.131. The van der Waals surface area contributed by atoms with Crippen molar-refractivity contribution >= 4 is 36.4 Å². The van der Waals surface area contributed by atoms with Gasteiger partial charge in [-0.3, -0.25) is 19.6 Å². The first kappa shape index (κ1) is 21.6. The lowest BCUT2D eigenvalue weighted by atomic mass is 10.1. The van der Waals surface area contributed by atoms with E-state index < -0.39 is 0 Å². The van der Waals surface area contributed by atoms with Crippen LogP contribution in [0.1, 0.15) is 48.5 Å². The van der Waals surface area contributed by atoms with Crippen LogP contribution in [0, 0.1) is 20.8 Å². The summed E-state index contributed by atoms with van der Waals surface area (Å²) in [5.41, 5.74) is 4.88. The molecule has 3 rings (SSSR count). The van der Waals surface area contributed by atoms with Crippen LogP contribution < -0.4 is 0 Å². The number of phenolic OH excluding ortho intramolecular Hbond substituents is 2. The summed E-state index contributed by atoms with van der Waals surface area (Å²) in [5, 5.41) is 20.5. The van der Waals surface area contributed by atoms with Gasteiger partial charge in [0.2, 0.25) is 0 Å². The molecule has 31 heavy (non-hydrogen) atoms. The standard InChI is InChI=1S/C25H22N2O4/c1-15-7-18(24(30)20(9-15)13-28)11-26-22-6-4-5-17(3)23(22)27-12-19-8-16(2)10-21(14-29)25(19)31/h4-14,30-31H,1-3H3. The summed E-state index contributed by atoms with van der Waals surface area (Å²) in [7, 11) is 0. The van der Waals surface area contributed by atoms with Gasteiger partial charge in [-0.25, -0.2) is 0 Å². The second-order valence-corrected chi connectivity index (χ2v) is 7.28. The lowest BCUT2D eigenvalue weighted by Gasteiger charge is -2.07. The van der Waals surface area contributed by atoms with Gasteiger partial charge < -0.3 is 10.2 Å². The molecule has 0 aromatic heterocycles. The number of aldehydes is 2. The number of aliphatic imine (C=N–C) groups is 2. The Kier molecular flexibility index (Phi) is 6.40. The number of carbonyl (C=O) groups excluding carboxylic acids is 2. The highest BCUT2D eigenvalue weighted by Gasteiger charge is 2.09. The predicted octanol–water partition coefficient (Wildman–Crippen LogP) is 5.15. The fourth-order valence-corrected chi connectivity index (χ4v) is 3.24. The van der Waals surface area contributed by atoms with Crippen LogP contribution in [0.5, 0.6) is 11.5 Å². The molecule has 0 aliphatic heterocycles. The molecule has 0 saturated heterocycles. The molecule has 0 heterocycles. The highest BCUT2D eigenvalue weighted by molar-refractivity contribution is 5.94. The van der Waals surface area contributed by atoms with Gasteiger partial charge in [-0.2, -0.15) is 0 Å². The van der Waals surface area contributed by atoms with E-state index in [9.17, 15) is 19.8 Å². The number of phenols is 2. The maximum Gasteiger partial charge on any atom is 0.153 e. The normalized spacial score (nSPS) is 11.3. The molecule has 3 aromatic carbocycles. The highest BCUT2D eigenvalue weighted by Crippen LogP contribution is 2.32. The summed E-state index contributed by atoms with van der Waals surface area (Å²) in [6.45, 7) is 5.54. The van der Waals surface area contributed by atoms with E-state index in [1.165, 1.54) is 12.4 Å². The van der Waals surface area contributed by atoms with Crippen molar-refractivity contribution in [1.29, 1.82) is 0 Å². The van der Waals surface area contributed by atoms with E-state index in [-0.39, 0.29) is 22.6 Å². The van der Waals surface area contributed by atoms with E-state index in [1.807, 2.05) is 32.9 Å². The van der Waals surface area contributed by atoms with Crippen LogP contribution in [-0.4, -0.2) is 35.2 Å². The molecule has 0 radical (unpaired) electrons. The Bertz CT molecular complexity index is 1230. The predicted molar refractivity (Wildman–Crippen MR) is 122 cm³/mol. The second-order valence-electron chi connectivity index (χ2n) is 7.28. The summed E-state index contributed by atoms with van der Waals surface area (Å²) in [5.74, 6) is -0.262. The monoisotopic (exact) mass is 414 g/mol. The van der Waals surface area contributed by atoms with E-state index in [4.69, 9.17) is 0 Å². The van der Waals surface area contributed by atoms with Crippen molar-refractivity contribution in [3.05, 3.63) is 81.4 Å². The first-order valence-electron chi connectivity index (χ1n) is 9.59. The number of benzene rings is 3. The fraction of sp³-hybridized carbons (Fsp3) is 0.120. The first-order valence-corrected chi connectivity index (χ1v) is 9.59. The summed E-state index contributed by atoms with van der Waals surface area (Å²) in [6, 6.07) is 12.2. The summed E-state index contributed by atoms with van der Waals surface area (Å²) >= 11 is 0. The zero-order chi connectivity index (χ0) is 22.5. The third-order valence-corrected chi connectivity index (χ3v) is 4.77. The Labute approximate surface area is 180 Å². The Morgan fingerprint density at radius 2 is 1.19 bits per heavy atom. The molecule has 6 heteroatoms.